The molecule has 2 aliphatic rings. The van der Waals surface area contributed by atoms with Gasteiger partial charge in [-0.05, 0) is 31.2 Å². The molecule has 0 aliphatic carbocycles. The first-order valence-electron chi connectivity index (χ1n) is 9.51. The number of likely N-dealkylation sites (tertiary alicyclic amines) is 1. The van der Waals surface area contributed by atoms with Crippen LogP contribution in [-0.4, -0.2) is 64.2 Å². The summed E-state index contributed by atoms with van der Waals surface area (Å²) >= 11 is 0. The van der Waals surface area contributed by atoms with Crippen LogP contribution in [0.1, 0.15) is 39.3 Å². The van der Waals surface area contributed by atoms with Crippen LogP contribution in [0.15, 0.2) is 47.1 Å². The summed E-state index contributed by atoms with van der Waals surface area (Å²) in [5, 5.41) is 9.59. The Labute approximate surface area is 167 Å². The Kier molecular flexibility index (Phi) is 4.87. The molecule has 0 radical (unpaired) electrons. The number of aryl methyl sites for hydroxylation is 1. The number of hydrogen-bond donors (Lipinski definition) is 1. The summed E-state index contributed by atoms with van der Waals surface area (Å²) in [5.41, 5.74) is 0.618. The van der Waals surface area contributed by atoms with E-state index in [2.05, 4.69) is 0 Å². The lowest BCUT2D eigenvalue weighted by Crippen LogP contribution is -2.58. The van der Waals surface area contributed by atoms with E-state index in [4.69, 9.17) is 9.15 Å². The van der Waals surface area contributed by atoms with Crippen molar-refractivity contribution in [2.75, 3.05) is 19.7 Å². The maximum absolute atomic E-state index is 13.0. The molecule has 8 nitrogen and oxygen atoms in total. The number of carboxylic acid groups (broad SMARTS) is 1. The normalized spacial score (nSPS) is 20.8. The van der Waals surface area contributed by atoms with Crippen LogP contribution in [0, 0.1) is 6.92 Å². The van der Waals surface area contributed by atoms with E-state index in [0.717, 1.165) is 5.56 Å². The van der Waals surface area contributed by atoms with Crippen molar-refractivity contribution < 1.29 is 28.6 Å². The van der Waals surface area contributed by atoms with Gasteiger partial charge >= 0.3 is 5.97 Å². The van der Waals surface area contributed by atoms with Crippen LogP contribution in [0.25, 0.3) is 0 Å². The van der Waals surface area contributed by atoms with Crippen LogP contribution in [0.2, 0.25) is 0 Å². The third-order valence-electron chi connectivity index (χ3n) is 5.63. The second-order valence-electron chi connectivity index (χ2n) is 7.42. The Hall–Kier alpha value is -3.13. The van der Waals surface area contributed by atoms with Crippen molar-refractivity contribution in [1.29, 1.82) is 0 Å². The fourth-order valence-corrected chi connectivity index (χ4v) is 4.01. The summed E-state index contributed by atoms with van der Waals surface area (Å²) in [6.45, 7) is 2.59. The monoisotopic (exact) mass is 398 g/mol. The number of nitrogens with zero attached hydrogens (tertiary/aromatic N) is 2. The first kappa shape index (κ1) is 19.2. The third-order valence-corrected chi connectivity index (χ3v) is 5.63. The molecule has 1 atom stereocenters. The average molecular weight is 398 g/mol. The van der Waals surface area contributed by atoms with Crippen LogP contribution in [0.5, 0.6) is 0 Å². The number of carbonyl (C=O) groups is 3. The van der Waals surface area contributed by atoms with Gasteiger partial charge in [-0.2, -0.15) is 0 Å². The number of amides is 2. The SMILES string of the molecule is Cc1ccc(C(=O)N2CCC3(CC2)OC[C@H](C(=O)O)N3C(=O)c2ccco2)cc1. The molecule has 29 heavy (non-hydrogen) atoms. The zero-order valence-corrected chi connectivity index (χ0v) is 16.0. The maximum Gasteiger partial charge on any atom is 0.328 e. The molecule has 8 heteroatoms. The standard InChI is InChI=1S/C21H22N2O6/c1-14-4-6-15(7-5-14)18(24)22-10-8-21(9-11-22)23(16(13-29-21)20(26)27)19(25)17-3-2-12-28-17/h2-7,12,16H,8-11,13H2,1H3,(H,26,27)/t16-/m1/s1. The molecule has 2 aromatic rings. The van der Waals surface area contributed by atoms with Crippen LogP contribution in [0.4, 0.5) is 0 Å². The molecule has 2 aliphatic heterocycles. The summed E-state index contributed by atoms with van der Waals surface area (Å²) in [4.78, 5) is 40.5. The summed E-state index contributed by atoms with van der Waals surface area (Å²) in [6.07, 6.45) is 2.04. The first-order chi connectivity index (χ1) is 13.9. The molecule has 0 saturated carbocycles. The van der Waals surface area contributed by atoms with Gasteiger partial charge in [0.1, 0.15) is 5.72 Å². The number of carbonyl (C=O) groups excluding carboxylic acids is 2. The van der Waals surface area contributed by atoms with Gasteiger partial charge in [0.2, 0.25) is 0 Å². The van der Waals surface area contributed by atoms with Crippen molar-refractivity contribution in [3.8, 4) is 0 Å². The van der Waals surface area contributed by atoms with Crippen LogP contribution in [-0.2, 0) is 9.53 Å². The van der Waals surface area contributed by atoms with E-state index in [0.29, 0.717) is 31.5 Å². The highest BCUT2D eigenvalue weighted by Crippen LogP contribution is 2.38. The molecular weight excluding hydrogens is 376 g/mol. The second kappa shape index (κ2) is 7.36. The number of rotatable bonds is 3. The fraction of sp³-hybridized carbons (Fsp3) is 0.381. The predicted molar refractivity (Wildman–Crippen MR) is 101 cm³/mol. The lowest BCUT2D eigenvalue weighted by atomic mass is 9.96. The molecule has 152 valence electrons. The number of ether oxygens (including phenoxy) is 1. The van der Waals surface area contributed by atoms with Gasteiger partial charge in [-0.1, -0.05) is 17.7 Å². The van der Waals surface area contributed by atoms with Crippen LogP contribution in [0.3, 0.4) is 0 Å². The topological polar surface area (TPSA) is 100 Å². The lowest BCUT2D eigenvalue weighted by Gasteiger charge is -2.43. The summed E-state index contributed by atoms with van der Waals surface area (Å²) in [7, 11) is 0. The molecule has 2 amide bonds. The molecule has 0 unspecified atom stereocenters. The summed E-state index contributed by atoms with van der Waals surface area (Å²) in [6, 6.07) is 9.35. The minimum atomic E-state index is -1.13. The van der Waals surface area contributed by atoms with E-state index in [9.17, 15) is 19.5 Å². The van der Waals surface area contributed by atoms with Crippen molar-refractivity contribution >= 4 is 17.8 Å². The van der Waals surface area contributed by atoms with Gasteiger partial charge in [0.25, 0.3) is 11.8 Å². The smallest absolute Gasteiger partial charge is 0.328 e. The largest absolute Gasteiger partial charge is 0.480 e. The molecular formula is C21H22N2O6. The zero-order chi connectivity index (χ0) is 20.6. The molecule has 2 fully saturated rings. The molecule has 1 N–H and O–H groups in total. The number of piperidine rings is 1. The average Bonchev–Trinajstić information content (AvgIpc) is 3.37. The summed E-state index contributed by atoms with van der Waals surface area (Å²) < 4.78 is 11.1. The fourth-order valence-electron chi connectivity index (χ4n) is 4.01. The Morgan fingerprint density at radius 3 is 2.34 bits per heavy atom. The van der Waals surface area contributed by atoms with E-state index in [1.165, 1.54) is 17.2 Å². The van der Waals surface area contributed by atoms with Crippen LogP contribution >= 0.6 is 0 Å². The zero-order valence-electron chi connectivity index (χ0n) is 16.0. The third kappa shape index (κ3) is 3.40. The molecule has 1 spiro atoms. The highest BCUT2D eigenvalue weighted by Gasteiger charge is 2.54. The van der Waals surface area contributed by atoms with Gasteiger partial charge < -0.3 is 19.2 Å². The molecule has 1 aromatic heterocycles. The second-order valence-corrected chi connectivity index (χ2v) is 7.42. The number of benzene rings is 1. The van der Waals surface area contributed by atoms with E-state index in [1.54, 1.807) is 23.1 Å². The predicted octanol–water partition coefficient (Wildman–Crippen LogP) is 2.15. The van der Waals surface area contributed by atoms with E-state index in [1.807, 2.05) is 19.1 Å². The first-order valence-corrected chi connectivity index (χ1v) is 9.51. The highest BCUT2D eigenvalue weighted by molar-refractivity contribution is 5.96. The van der Waals surface area contributed by atoms with Gasteiger partial charge in [-0.15, -0.1) is 0 Å². The van der Waals surface area contributed by atoms with Gasteiger partial charge in [0.05, 0.1) is 12.9 Å². The Bertz CT molecular complexity index is 913. The highest BCUT2D eigenvalue weighted by atomic mass is 16.5. The molecule has 0 bridgehead atoms. The van der Waals surface area contributed by atoms with E-state index < -0.39 is 23.6 Å². The van der Waals surface area contributed by atoms with Crippen molar-refractivity contribution in [2.24, 2.45) is 0 Å². The van der Waals surface area contributed by atoms with Gasteiger partial charge in [0, 0.05) is 31.5 Å². The minimum Gasteiger partial charge on any atom is -0.480 e. The maximum atomic E-state index is 13.0. The Balaban J connectivity index is 1.53. The van der Waals surface area contributed by atoms with Gasteiger partial charge in [-0.25, -0.2) is 4.79 Å². The van der Waals surface area contributed by atoms with Crippen molar-refractivity contribution in [3.05, 3.63) is 59.5 Å². The lowest BCUT2D eigenvalue weighted by molar-refractivity contribution is -0.143. The van der Waals surface area contributed by atoms with Crippen LogP contribution < -0.4 is 0 Å². The van der Waals surface area contributed by atoms with Gasteiger partial charge in [-0.3, -0.25) is 14.5 Å². The molecule has 2 saturated heterocycles. The Morgan fingerprint density at radius 1 is 1.07 bits per heavy atom. The van der Waals surface area contributed by atoms with Crippen molar-refractivity contribution in [3.63, 3.8) is 0 Å². The number of hydrogen-bond acceptors (Lipinski definition) is 5. The van der Waals surface area contributed by atoms with E-state index in [-0.39, 0.29) is 18.3 Å². The number of carboxylic acids is 1. The van der Waals surface area contributed by atoms with Crippen molar-refractivity contribution in [2.45, 2.75) is 31.5 Å². The number of aliphatic carboxylic acids is 1. The summed E-state index contributed by atoms with van der Waals surface area (Å²) in [5.74, 6) is -1.66. The van der Waals surface area contributed by atoms with E-state index >= 15 is 0 Å². The molecule has 3 heterocycles. The minimum absolute atomic E-state index is 0.0688. The number of furan rings is 1. The van der Waals surface area contributed by atoms with Crippen molar-refractivity contribution in [1.82, 2.24) is 9.80 Å². The molecule has 4 rings (SSSR count). The quantitative estimate of drug-likeness (QED) is 0.850. The molecule has 1 aromatic carbocycles. The van der Waals surface area contributed by atoms with Gasteiger partial charge in [0.15, 0.2) is 11.8 Å². The Morgan fingerprint density at radius 2 is 1.76 bits per heavy atom.